The zero-order valence-electron chi connectivity index (χ0n) is 38.3. The first-order valence-electron chi connectivity index (χ1n) is 21.9. The summed E-state index contributed by atoms with van der Waals surface area (Å²) >= 11 is 0. The van der Waals surface area contributed by atoms with Gasteiger partial charge < -0.3 is 29.7 Å². The van der Waals surface area contributed by atoms with Gasteiger partial charge in [0.15, 0.2) is 0 Å². The Balaban J connectivity index is 0.000000236. The van der Waals surface area contributed by atoms with E-state index in [0.29, 0.717) is 77.4 Å². The number of carbonyl (C=O) groups excluding carboxylic acids is 5. The number of hydrogen-bond acceptors (Lipinski definition) is 17. The van der Waals surface area contributed by atoms with Crippen molar-refractivity contribution in [3.63, 3.8) is 0 Å². The highest BCUT2D eigenvalue weighted by atomic mass is 32.2. The second kappa shape index (κ2) is 23.8. The number of ether oxygens (including phenoxy) is 3. The number of nitrogens with zero attached hydrogens (tertiary/aromatic N) is 6. The number of amides is 4. The molecule has 0 radical (unpaired) electrons. The summed E-state index contributed by atoms with van der Waals surface area (Å²) in [5, 5.41) is 39.0. The second-order valence-electron chi connectivity index (χ2n) is 16.0. The fourth-order valence-corrected chi connectivity index (χ4v) is 7.74. The number of cyclic esters (lactones) is 2. The van der Waals surface area contributed by atoms with E-state index in [1.54, 1.807) is 72.5 Å². The largest absolute Gasteiger partial charge is 0.466 e. The van der Waals surface area contributed by atoms with Gasteiger partial charge in [0.05, 0.1) is 55.6 Å². The van der Waals surface area contributed by atoms with Crippen molar-refractivity contribution in [1.29, 1.82) is 21.3 Å². The van der Waals surface area contributed by atoms with E-state index in [-0.39, 0.29) is 36.9 Å². The Morgan fingerprint density at radius 1 is 0.671 bits per heavy atom. The van der Waals surface area contributed by atoms with Crippen molar-refractivity contribution in [1.82, 2.24) is 20.4 Å². The zero-order valence-corrected chi connectivity index (χ0v) is 39.1. The minimum atomic E-state index is -3.64. The summed E-state index contributed by atoms with van der Waals surface area (Å²) in [6, 6.07) is 29.2. The number of rotatable bonds is 15. The lowest BCUT2D eigenvalue weighted by molar-refractivity contribution is -0.143. The number of carbonyl (C=O) groups is 5. The third kappa shape index (κ3) is 14.5. The van der Waals surface area contributed by atoms with E-state index in [2.05, 4.69) is 24.6 Å². The van der Waals surface area contributed by atoms with E-state index in [9.17, 15) is 32.4 Å². The Labute approximate surface area is 404 Å². The molecule has 0 bridgehead atoms. The SMILES string of the molecule is CCOC(=O)CCN1CCN(CC2CN(c3ccc(C(=N)NC(=O)c4ccc(C#N)cc4)cc3)C(=O)O2)CC1.CS(=O)(=O)OCC1CN(c2ccc(C(=N)NC(=O)c3ccc(C#N)cc3)cc2)C(=O)O1. The number of nitriles is 2. The van der Waals surface area contributed by atoms with Crippen LogP contribution in [0.5, 0.6) is 0 Å². The Kier molecular flexibility index (Phi) is 17.5. The molecule has 0 spiro atoms. The molecule has 0 saturated carbocycles. The maximum atomic E-state index is 12.6. The van der Waals surface area contributed by atoms with Gasteiger partial charge in [-0.25, -0.2) is 9.59 Å². The maximum absolute atomic E-state index is 12.6. The summed E-state index contributed by atoms with van der Waals surface area (Å²) in [6.07, 6.45) is -0.732. The standard InChI is InChI=1S/C28H32N6O5.C20H18N4O6S/c1-2-38-25(35)11-12-32-13-15-33(16-14-32)18-24-19-34(28(37)39-24)23-9-7-21(8-10-23)26(30)31-27(36)22-5-3-20(17-29)4-6-22;1-31(27,28)29-12-17-11-24(20(26)30-17)16-8-6-14(7-9-16)18(22)23-19(25)15-4-2-13(10-21)3-5-15/h3-10,24H,2,11-16,18-19H2,1H3,(H2,30,31,36);2-9,17H,11-12H2,1H3,(H2,22,23,25). The van der Waals surface area contributed by atoms with Crippen molar-refractivity contribution in [2.45, 2.75) is 25.6 Å². The topological polar surface area (TPSA) is 289 Å². The molecule has 4 aromatic rings. The molecular weight excluding hydrogens is 925 g/mol. The van der Waals surface area contributed by atoms with Crippen LogP contribution < -0.4 is 20.4 Å². The molecule has 3 aliphatic rings. The van der Waals surface area contributed by atoms with Gasteiger partial charge in [-0.05, 0) is 104 Å². The van der Waals surface area contributed by atoms with Crippen LogP contribution in [0, 0.1) is 33.5 Å². The number of nitrogens with one attached hydrogen (secondary N) is 4. The number of esters is 1. The summed E-state index contributed by atoms with van der Waals surface area (Å²) < 4.78 is 42.5. The van der Waals surface area contributed by atoms with Gasteiger partial charge in [-0.1, -0.05) is 0 Å². The Bertz CT molecular complexity index is 2770. The van der Waals surface area contributed by atoms with Gasteiger partial charge in [0.1, 0.15) is 30.5 Å². The number of benzene rings is 4. The molecule has 4 N–H and O–H groups in total. The fraction of sp³-hybridized carbons (Fsp3) is 0.312. The van der Waals surface area contributed by atoms with Crippen LogP contribution in [0.2, 0.25) is 0 Å². The second-order valence-corrected chi connectivity index (χ2v) is 17.7. The molecule has 70 heavy (non-hydrogen) atoms. The van der Waals surface area contributed by atoms with Crippen molar-refractivity contribution >= 4 is 63.1 Å². The van der Waals surface area contributed by atoms with Crippen molar-refractivity contribution in [2.75, 3.05) is 81.6 Å². The highest BCUT2D eigenvalue weighted by molar-refractivity contribution is 7.86. The molecule has 2 atom stereocenters. The first-order chi connectivity index (χ1) is 33.5. The lowest BCUT2D eigenvalue weighted by atomic mass is 10.1. The molecule has 7 rings (SSSR count). The summed E-state index contributed by atoms with van der Waals surface area (Å²) in [7, 11) is -3.64. The van der Waals surface area contributed by atoms with Gasteiger partial charge in [0.25, 0.3) is 21.9 Å². The van der Waals surface area contributed by atoms with E-state index in [0.717, 1.165) is 32.4 Å². The average molecular weight is 975 g/mol. The number of anilines is 2. The van der Waals surface area contributed by atoms with Gasteiger partial charge in [-0.2, -0.15) is 18.9 Å². The van der Waals surface area contributed by atoms with E-state index < -0.39 is 40.2 Å². The number of hydrogen-bond donors (Lipinski definition) is 4. The molecule has 364 valence electrons. The number of piperazine rings is 1. The van der Waals surface area contributed by atoms with Gasteiger partial charge in [0.2, 0.25) is 0 Å². The monoisotopic (exact) mass is 974 g/mol. The first kappa shape index (κ1) is 51.4. The summed E-state index contributed by atoms with van der Waals surface area (Å²) in [4.78, 5) is 68.3. The molecule has 4 amide bonds. The highest BCUT2D eigenvalue weighted by Gasteiger charge is 2.35. The van der Waals surface area contributed by atoms with Crippen molar-refractivity contribution in [3.8, 4) is 12.1 Å². The smallest absolute Gasteiger partial charge is 0.414 e. The van der Waals surface area contributed by atoms with Crippen LogP contribution in [0.25, 0.3) is 0 Å². The Morgan fingerprint density at radius 3 is 1.51 bits per heavy atom. The lowest BCUT2D eigenvalue weighted by Crippen LogP contribution is -2.49. The third-order valence-corrected chi connectivity index (χ3v) is 11.6. The van der Waals surface area contributed by atoms with Crippen LogP contribution in [-0.2, 0) is 33.3 Å². The molecule has 3 fully saturated rings. The third-order valence-electron chi connectivity index (χ3n) is 11.0. The molecule has 21 nitrogen and oxygen atoms in total. The minimum absolute atomic E-state index is 0.0702. The predicted molar refractivity (Wildman–Crippen MR) is 254 cm³/mol. The lowest BCUT2D eigenvalue weighted by Gasteiger charge is -2.35. The van der Waals surface area contributed by atoms with Gasteiger partial charge >= 0.3 is 18.2 Å². The molecule has 0 aliphatic carbocycles. The van der Waals surface area contributed by atoms with Gasteiger partial charge in [-0.15, -0.1) is 0 Å². The van der Waals surface area contributed by atoms with Crippen LogP contribution in [-0.4, -0.2) is 144 Å². The summed E-state index contributed by atoms with van der Waals surface area (Å²) in [5.41, 5.74) is 3.57. The molecule has 3 aliphatic heterocycles. The molecule has 2 unspecified atom stereocenters. The van der Waals surface area contributed by atoms with E-state index in [4.69, 9.17) is 35.6 Å². The van der Waals surface area contributed by atoms with E-state index >= 15 is 0 Å². The van der Waals surface area contributed by atoms with Crippen LogP contribution in [0.4, 0.5) is 21.0 Å². The predicted octanol–water partition coefficient (Wildman–Crippen LogP) is 3.82. The van der Waals surface area contributed by atoms with Crippen molar-refractivity contribution in [3.05, 3.63) is 130 Å². The Hall–Kier alpha value is -8.02. The van der Waals surface area contributed by atoms with Crippen molar-refractivity contribution < 1.29 is 50.8 Å². The van der Waals surface area contributed by atoms with Gasteiger partial charge in [0, 0.05) is 72.9 Å². The molecule has 4 aromatic carbocycles. The van der Waals surface area contributed by atoms with Crippen molar-refractivity contribution in [2.24, 2.45) is 0 Å². The van der Waals surface area contributed by atoms with E-state index in [1.807, 2.05) is 12.1 Å². The normalized spacial score (nSPS) is 16.9. The number of amidine groups is 2. The molecule has 0 aromatic heterocycles. The van der Waals surface area contributed by atoms with Gasteiger partial charge in [-0.3, -0.25) is 44.1 Å². The molecule has 22 heteroatoms. The Morgan fingerprint density at radius 2 is 1.09 bits per heavy atom. The summed E-state index contributed by atoms with van der Waals surface area (Å²) in [5.74, 6) is -1.31. The van der Waals surface area contributed by atoms with E-state index in [1.165, 1.54) is 41.3 Å². The fourth-order valence-electron chi connectivity index (χ4n) is 7.34. The summed E-state index contributed by atoms with van der Waals surface area (Å²) in [6.45, 7) is 7.15. The van der Waals surface area contributed by atoms with Crippen LogP contribution in [0.3, 0.4) is 0 Å². The van der Waals surface area contributed by atoms with Crippen LogP contribution in [0.15, 0.2) is 97.1 Å². The minimum Gasteiger partial charge on any atom is -0.466 e. The average Bonchev–Trinajstić information content (AvgIpc) is 3.93. The maximum Gasteiger partial charge on any atom is 0.414 e. The first-order valence-corrected chi connectivity index (χ1v) is 23.8. The highest BCUT2D eigenvalue weighted by Crippen LogP contribution is 2.25. The molecular formula is C48H50N10O11S. The zero-order chi connectivity index (χ0) is 50.4. The van der Waals surface area contributed by atoms with Crippen LogP contribution >= 0.6 is 0 Å². The van der Waals surface area contributed by atoms with Crippen LogP contribution in [0.1, 0.15) is 56.3 Å². The molecule has 3 heterocycles. The quantitative estimate of drug-likeness (QED) is 0.0433. The molecule has 3 saturated heterocycles.